The van der Waals surface area contributed by atoms with Gasteiger partial charge in [0.25, 0.3) is 0 Å². The van der Waals surface area contributed by atoms with E-state index in [-0.39, 0.29) is 0 Å². The van der Waals surface area contributed by atoms with Crippen LogP contribution in [0, 0.1) is 13.8 Å². The molecule has 0 fully saturated rings. The maximum atomic E-state index is 5.33. The molecule has 0 unspecified atom stereocenters. The first kappa shape index (κ1) is 15.6. The van der Waals surface area contributed by atoms with Crippen LogP contribution in [-0.4, -0.2) is 13.2 Å². The number of hydrogen-bond donors (Lipinski definition) is 1. The first-order valence-electron chi connectivity index (χ1n) is 7.49. The normalized spacial score (nSPS) is 11.0. The molecule has 0 heterocycles. The molecule has 0 aliphatic carbocycles. The molecule has 0 amide bonds. The predicted molar refractivity (Wildman–Crippen MR) is 89.9 cm³/mol. The van der Waals surface area contributed by atoms with Crippen molar-refractivity contribution in [2.24, 2.45) is 0 Å². The maximum Gasteiger partial charge on any atom is 0.121 e. The molecule has 0 spiro atoms. The highest BCUT2D eigenvalue weighted by atomic mass is 16.5. The smallest absolute Gasteiger partial charge is 0.121 e. The lowest BCUT2D eigenvalue weighted by Gasteiger charge is -2.13. The molecular formula is C19H25NO. The van der Waals surface area contributed by atoms with Crippen molar-refractivity contribution in [2.45, 2.75) is 40.3 Å². The monoisotopic (exact) mass is 283 g/mol. The van der Waals surface area contributed by atoms with E-state index in [4.69, 9.17) is 4.74 Å². The fraction of sp³-hybridized carbons (Fsp3) is 0.368. The molecule has 0 radical (unpaired) electrons. The molecule has 1 N–H and O–H groups in total. The lowest BCUT2D eigenvalue weighted by Crippen LogP contribution is -2.21. The number of ether oxygens (including phenoxy) is 1. The van der Waals surface area contributed by atoms with E-state index in [1.807, 2.05) is 6.07 Å². The Hall–Kier alpha value is -1.80. The number of rotatable bonds is 5. The summed E-state index contributed by atoms with van der Waals surface area (Å²) in [5, 5.41) is 3.46. The van der Waals surface area contributed by atoms with Crippen molar-refractivity contribution < 1.29 is 4.74 Å². The van der Waals surface area contributed by atoms with E-state index >= 15 is 0 Å². The van der Waals surface area contributed by atoms with Gasteiger partial charge in [-0.15, -0.1) is 0 Å². The zero-order valence-corrected chi connectivity index (χ0v) is 13.7. The molecule has 2 rings (SSSR count). The van der Waals surface area contributed by atoms with Gasteiger partial charge in [0.05, 0.1) is 7.11 Å². The summed E-state index contributed by atoms with van der Waals surface area (Å²) in [5.74, 6) is 0.939. The molecule has 0 aliphatic heterocycles. The molecule has 2 nitrogen and oxygen atoms in total. The topological polar surface area (TPSA) is 21.3 Å². The molecule has 21 heavy (non-hydrogen) atoms. The van der Waals surface area contributed by atoms with Crippen LogP contribution in [-0.2, 0) is 6.54 Å². The lowest BCUT2D eigenvalue weighted by molar-refractivity contribution is 0.412. The third-order valence-electron chi connectivity index (χ3n) is 3.71. The molecule has 0 aliphatic rings. The van der Waals surface area contributed by atoms with E-state index in [1.165, 1.54) is 27.8 Å². The summed E-state index contributed by atoms with van der Waals surface area (Å²) in [4.78, 5) is 0. The Morgan fingerprint density at radius 3 is 2.33 bits per heavy atom. The van der Waals surface area contributed by atoms with Crippen molar-refractivity contribution in [3.63, 3.8) is 0 Å². The third kappa shape index (κ3) is 3.85. The molecule has 2 aromatic carbocycles. The average Bonchev–Trinajstić information content (AvgIpc) is 2.45. The van der Waals surface area contributed by atoms with E-state index in [1.54, 1.807) is 7.11 Å². The van der Waals surface area contributed by atoms with Crippen molar-refractivity contribution >= 4 is 0 Å². The van der Waals surface area contributed by atoms with E-state index in [0.717, 1.165) is 12.3 Å². The minimum Gasteiger partial charge on any atom is -0.496 e. The first-order chi connectivity index (χ1) is 10.0. The second kappa shape index (κ2) is 6.77. The number of nitrogens with one attached hydrogen (secondary N) is 1. The molecule has 0 bridgehead atoms. The van der Waals surface area contributed by atoms with Crippen LogP contribution in [0.1, 0.15) is 30.5 Å². The highest BCUT2D eigenvalue weighted by Crippen LogP contribution is 2.28. The van der Waals surface area contributed by atoms with Crippen LogP contribution in [0.15, 0.2) is 36.4 Å². The highest BCUT2D eigenvalue weighted by molar-refractivity contribution is 5.69. The van der Waals surface area contributed by atoms with Crippen LogP contribution in [0.3, 0.4) is 0 Å². The summed E-state index contributed by atoms with van der Waals surface area (Å²) in [5.41, 5.74) is 6.33. The summed E-state index contributed by atoms with van der Waals surface area (Å²) >= 11 is 0. The van der Waals surface area contributed by atoms with Crippen molar-refractivity contribution in [3.05, 3.63) is 53.1 Å². The Morgan fingerprint density at radius 1 is 1.00 bits per heavy atom. The SMILES string of the molecule is COc1ccc(-c2ccc(CNC(C)C)cc2C)cc1C. The Labute approximate surface area is 128 Å². The van der Waals surface area contributed by atoms with Crippen molar-refractivity contribution in [1.82, 2.24) is 5.32 Å². The minimum atomic E-state index is 0.509. The second-order valence-corrected chi connectivity index (χ2v) is 5.87. The fourth-order valence-corrected chi connectivity index (χ4v) is 2.53. The van der Waals surface area contributed by atoms with Crippen molar-refractivity contribution in [2.75, 3.05) is 7.11 Å². The van der Waals surface area contributed by atoms with Crippen LogP contribution in [0.2, 0.25) is 0 Å². The highest BCUT2D eigenvalue weighted by Gasteiger charge is 2.06. The van der Waals surface area contributed by atoms with E-state index in [0.29, 0.717) is 6.04 Å². The van der Waals surface area contributed by atoms with Gasteiger partial charge in [-0.05, 0) is 53.8 Å². The van der Waals surface area contributed by atoms with E-state index < -0.39 is 0 Å². The lowest BCUT2D eigenvalue weighted by atomic mass is 9.97. The number of aryl methyl sites for hydroxylation is 2. The van der Waals surface area contributed by atoms with Gasteiger partial charge in [-0.1, -0.05) is 38.1 Å². The van der Waals surface area contributed by atoms with Gasteiger partial charge in [0.1, 0.15) is 5.75 Å². The summed E-state index contributed by atoms with van der Waals surface area (Å²) in [6.45, 7) is 9.51. The first-order valence-corrected chi connectivity index (χ1v) is 7.49. The zero-order chi connectivity index (χ0) is 15.4. The molecular weight excluding hydrogens is 258 g/mol. The van der Waals surface area contributed by atoms with E-state index in [2.05, 4.69) is 63.3 Å². The molecule has 2 heteroatoms. The molecule has 0 aromatic heterocycles. The summed E-state index contributed by atoms with van der Waals surface area (Å²) in [7, 11) is 1.71. The number of methoxy groups -OCH3 is 1. The largest absolute Gasteiger partial charge is 0.496 e. The van der Waals surface area contributed by atoms with Crippen molar-refractivity contribution in [3.8, 4) is 16.9 Å². The molecule has 112 valence electrons. The van der Waals surface area contributed by atoms with Gasteiger partial charge in [-0.25, -0.2) is 0 Å². The van der Waals surface area contributed by atoms with Gasteiger partial charge in [-0.3, -0.25) is 0 Å². The predicted octanol–water partition coefficient (Wildman–Crippen LogP) is 4.48. The van der Waals surface area contributed by atoms with Gasteiger partial charge in [0.2, 0.25) is 0 Å². The Bertz CT molecular complexity index is 617. The fourth-order valence-electron chi connectivity index (χ4n) is 2.53. The second-order valence-electron chi connectivity index (χ2n) is 5.87. The van der Waals surface area contributed by atoms with Crippen LogP contribution in [0.5, 0.6) is 5.75 Å². The number of hydrogen-bond acceptors (Lipinski definition) is 2. The zero-order valence-electron chi connectivity index (χ0n) is 13.7. The standard InChI is InChI=1S/C19H25NO/c1-13(2)20-12-16-6-8-18(14(3)10-16)17-7-9-19(21-5)15(4)11-17/h6-11,13,20H,12H2,1-5H3. The van der Waals surface area contributed by atoms with Crippen LogP contribution in [0.4, 0.5) is 0 Å². The van der Waals surface area contributed by atoms with Gasteiger partial charge < -0.3 is 10.1 Å². The Kier molecular flexibility index (Phi) is 5.03. The molecule has 0 saturated carbocycles. The molecule has 2 aromatic rings. The van der Waals surface area contributed by atoms with Gasteiger partial charge in [0, 0.05) is 12.6 Å². The van der Waals surface area contributed by atoms with Crippen LogP contribution < -0.4 is 10.1 Å². The third-order valence-corrected chi connectivity index (χ3v) is 3.71. The Balaban J connectivity index is 2.26. The van der Waals surface area contributed by atoms with Gasteiger partial charge >= 0.3 is 0 Å². The van der Waals surface area contributed by atoms with Gasteiger partial charge in [-0.2, -0.15) is 0 Å². The Morgan fingerprint density at radius 2 is 1.76 bits per heavy atom. The number of benzene rings is 2. The summed E-state index contributed by atoms with van der Waals surface area (Å²) in [6, 6.07) is 13.6. The molecule has 0 atom stereocenters. The van der Waals surface area contributed by atoms with Crippen LogP contribution >= 0.6 is 0 Å². The minimum absolute atomic E-state index is 0.509. The van der Waals surface area contributed by atoms with E-state index in [9.17, 15) is 0 Å². The van der Waals surface area contributed by atoms with Crippen LogP contribution in [0.25, 0.3) is 11.1 Å². The molecule has 0 saturated heterocycles. The van der Waals surface area contributed by atoms with Gasteiger partial charge in [0.15, 0.2) is 0 Å². The average molecular weight is 283 g/mol. The summed E-state index contributed by atoms with van der Waals surface area (Å²) < 4.78 is 5.33. The van der Waals surface area contributed by atoms with Crippen molar-refractivity contribution in [1.29, 1.82) is 0 Å². The summed E-state index contributed by atoms with van der Waals surface area (Å²) in [6.07, 6.45) is 0. The maximum absolute atomic E-state index is 5.33. The quantitative estimate of drug-likeness (QED) is 0.873.